The lowest BCUT2D eigenvalue weighted by Gasteiger charge is -2.47. The lowest BCUT2D eigenvalue weighted by molar-refractivity contribution is -1.09. The number of hydrogen-bond acceptors (Lipinski definition) is 2. The van der Waals surface area contributed by atoms with E-state index in [9.17, 15) is 0 Å². The summed E-state index contributed by atoms with van der Waals surface area (Å²) in [5.41, 5.74) is 0. The lowest BCUT2D eigenvalue weighted by atomic mass is 10.1. The zero-order valence-corrected chi connectivity index (χ0v) is 36.0. The van der Waals surface area contributed by atoms with Crippen LogP contribution in [0.1, 0.15) is 201 Å². The summed E-state index contributed by atoms with van der Waals surface area (Å²) in [6.07, 6.45) is 47.6. The van der Waals surface area contributed by atoms with Gasteiger partial charge in [-0.3, -0.25) is 8.97 Å². The summed E-state index contributed by atoms with van der Waals surface area (Å²) >= 11 is 0. The highest BCUT2D eigenvalue weighted by Crippen LogP contribution is 2.24. The number of quaternary nitrogens is 2. The van der Waals surface area contributed by atoms with Crippen molar-refractivity contribution in [2.24, 2.45) is 0 Å². The van der Waals surface area contributed by atoms with E-state index in [1.165, 1.54) is 167 Å². The number of ether oxygens (including phenoxy) is 2. The van der Waals surface area contributed by atoms with Crippen molar-refractivity contribution in [1.82, 2.24) is 0 Å². The monoisotopic (exact) mass is 707 g/mol. The molecule has 0 aliphatic heterocycles. The first-order valence-corrected chi connectivity index (χ1v) is 22.2. The molecule has 0 bridgehead atoms. The molecule has 0 aromatic carbocycles. The predicted octanol–water partition coefficient (Wildman–Crippen LogP) is 13.6. The zero-order valence-electron chi connectivity index (χ0n) is 36.0. The minimum atomic E-state index is 0.0761. The van der Waals surface area contributed by atoms with Crippen molar-refractivity contribution in [1.29, 1.82) is 0 Å². The van der Waals surface area contributed by atoms with Crippen LogP contribution in [-0.2, 0) is 9.47 Å². The second kappa shape index (κ2) is 34.1. The molecule has 0 fully saturated rings. The maximum Gasteiger partial charge on any atom is 0.244 e. The van der Waals surface area contributed by atoms with Gasteiger partial charge in [0.05, 0.1) is 48.4 Å². The van der Waals surface area contributed by atoms with E-state index in [4.69, 9.17) is 9.47 Å². The largest absolute Gasteiger partial charge is 0.375 e. The second-order valence-electron chi connectivity index (χ2n) is 17.4. The summed E-state index contributed by atoms with van der Waals surface area (Å²) < 4.78 is 15.0. The molecule has 0 amide bonds. The standard InChI is InChI=1S/C46H94N2O2/c1-10-12-14-16-18-20-22-24-26-28-30-32-34-36-38-40-42-49-44(3)45(46(47(4,5)6)48(7,8)9)50-43-41-39-37-35-33-31-29-27-25-23-21-19-17-15-13-11-2/h24-27,44-46H,10-23,28-43H2,1-9H3/q+2/b26-24-,27-25-. The molecule has 0 aliphatic carbocycles. The molecule has 0 heterocycles. The Hall–Kier alpha value is -0.680. The SMILES string of the molecule is CCCCCCCC/C=C\CCCCCCCCOC(C)C(OCCCCCCCC/C=C\CCCCCCCC)C([N+](C)(C)C)[N+](C)(C)C. The van der Waals surface area contributed by atoms with Gasteiger partial charge in [0.2, 0.25) is 6.17 Å². The minimum absolute atomic E-state index is 0.0761. The van der Waals surface area contributed by atoms with Crippen LogP contribution in [0.5, 0.6) is 0 Å². The van der Waals surface area contributed by atoms with Gasteiger partial charge in [-0.2, -0.15) is 0 Å². The molecule has 50 heavy (non-hydrogen) atoms. The van der Waals surface area contributed by atoms with Gasteiger partial charge >= 0.3 is 0 Å². The van der Waals surface area contributed by atoms with E-state index in [1.54, 1.807) is 0 Å². The van der Waals surface area contributed by atoms with Gasteiger partial charge in [-0.05, 0) is 71.1 Å². The topological polar surface area (TPSA) is 18.5 Å². The predicted molar refractivity (Wildman–Crippen MR) is 224 cm³/mol. The van der Waals surface area contributed by atoms with Crippen molar-refractivity contribution in [3.05, 3.63) is 24.3 Å². The van der Waals surface area contributed by atoms with E-state index in [-0.39, 0.29) is 12.2 Å². The minimum Gasteiger partial charge on any atom is -0.375 e. The van der Waals surface area contributed by atoms with Gasteiger partial charge in [0.1, 0.15) is 0 Å². The van der Waals surface area contributed by atoms with Crippen molar-refractivity contribution in [3.63, 3.8) is 0 Å². The molecule has 4 heteroatoms. The normalized spacial score (nSPS) is 14.1. The Kier molecular flexibility index (Phi) is 33.6. The van der Waals surface area contributed by atoms with E-state index in [2.05, 4.69) is 87.4 Å². The van der Waals surface area contributed by atoms with Crippen molar-refractivity contribution in [3.8, 4) is 0 Å². The first kappa shape index (κ1) is 49.3. The second-order valence-corrected chi connectivity index (χ2v) is 17.4. The van der Waals surface area contributed by atoms with E-state index in [1.807, 2.05) is 0 Å². The van der Waals surface area contributed by atoms with Crippen molar-refractivity contribution in [2.45, 2.75) is 219 Å². The molecule has 0 radical (unpaired) electrons. The van der Waals surface area contributed by atoms with Gasteiger partial charge in [0, 0.05) is 13.2 Å². The molecule has 0 aromatic rings. The summed E-state index contributed by atoms with van der Waals surface area (Å²) in [4.78, 5) is 0. The Balaban J connectivity index is 4.22. The van der Waals surface area contributed by atoms with Gasteiger partial charge in [-0.15, -0.1) is 0 Å². The molecule has 2 unspecified atom stereocenters. The number of likely N-dealkylation sites (N-methyl/N-ethyl adjacent to an activating group) is 2. The maximum absolute atomic E-state index is 6.75. The summed E-state index contributed by atoms with van der Waals surface area (Å²) in [6.45, 7) is 8.52. The highest BCUT2D eigenvalue weighted by atomic mass is 16.5. The van der Waals surface area contributed by atoms with E-state index < -0.39 is 0 Å². The van der Waals surface area contributed by atoms with E-state index >= 15 is 0 Å². The molecule has 0 saturated heterocycles. The van der Waals surface area contributed by atoms with Gasteiger partial charge < -0.3 is 9.47 Å². The van der Waals surface area contributed by atoms with E-state index in [0.29, 0.717) is 6.17 Å². The van der Waals surface area contributed by atoms with E-state index in [0.717, 1.165) is 35.0 Å². The van der Waals surface area contributed by atoms with Gasteiger partial charge in [-0.1, -0.05) is 154 Å². The van der Waals surface area contributed by atoms with Crippen LogP contribution in [0.15, 0.2) is 24.3 Å². The average Bonchev–Trinajstić information content (AvgIpc) is 3.05. The van der Waals surface area contributed by atoms with Crippen LogP contribution in [0.3, 0.4) is 0 Å². The fraction of sp³-hybridized carbons (Fsp3) is 0.913. The molecule has 298 valence electrons. The molecular weight excluding hydrogens is 613 g/mol. The maximum atomic E-state index is 6.75. The van der Waals surface area contributed by atoms with Gasteiger partial charge in [0.15, 0.2) is 6.10 Å². The number of hydrogen-bond donors (Lipinski definition) is 0. The van der Waals surface area contributed by atoms with Crippen molar-refractivity contribution < 1.29 is 18.4 Å². The van der Waals surface area contributed by atoms with Crippen LogP contribution in [0.4, 0.5) is 0 Å². The Labute approximate surface area is 316 Å². The van der Waals surface area contributed by atoms with Gasteiger partial charge in [-0.25, -0.2) is 0 Å². The Morgan fingerprint density at radius 3 is 0.980 bits per heavy atom. The number of rotatable bonds is 38. The van der Waals surface area contributed by atoms with Crippen LogP contribution in [0, 0.1) is 0 Å². The van der Waals surface area contributed by atoms with Crippen molar-refractivity contribution in [2.75, 3.05) is 55.5 Å². The molecule has 2 atom stereocenters. The van der Waals surface area contributed by atoms with Crippen LogP contribution < -0.4 is 0 Å². The fourth-order valence-corrected chi connectivity index (χ4v) is 7.67. The third kappa shape index (κ3) is 30.9. The summed E-state index contributed by atoms with van der Waals surface area (Å²) in [6, 6.07) is 0. The van der Waals surface area contributed by atoms with Crippen LogP contribution in [-0.4, -0.2) is 82.8 Å². The molecule has 0 aliphatic rings. The number of unbranched alkanes of at least 4 members (excludes halogenated alkanes) is 24. The lowest BCUT2D eigenvalue weighted by Crippen LogP contribution is -2.68. The smallest absolute Gasteiger partial charge is 0.244 e. The summed E-state index contributed by atoms with van der Waals surface area (Å²) in [5.74, 6) is 0. The number of allylic oxidation sites excluding steroid dienone is 4. The van der Waals surface area contributed by atoms with Crippen LogP contribution in [0.25, 0.3) is 0 Å². The molecule has 4 nitrogen and oxygen atoms in total. The Morgan fingerprint density at radius 2 is 0.660 bits per heavy atom. The average molecular weight is 707 g/mol. The highest BCUT2D eigenvalue weighted by molar-refractivity contribution is 4.82. The Bertz CT molecular complexity index is 736. The molecule has 0 N–H and O–H groups in total. The van der Waals surface area contributed by atoms with Crippen LogP contribution >= 0.6 is 0 Å². The molecule has 0 spiro atoms. The van der Waals surface area contributed by atoms with Crippen molar-refractivity contribution >= 4 is 0 Å². The Morgan fingerprint density at radius 1 is 0.380 bits per heavy atom. The van der Waals surface area contributed by atoms with Gasteiger partial charge in [0.25, 0.3) is 0 Å². The molecule has 0 rings (SSSR count). The molecule has 0 aromatic heterocycles. The zero-order chi connectivity index (χ0) is 37.2. The summed E-state index contributed by atoms with van der Waals surface area (Å²) in [5, 5.41) is 0. The third-order valence-electron chi connectivity index (χ3n) is 10.3. The first-order chi connectivity index (χ1) is 24.1. The molecule has 0 saturated carbocycles. The van der Waals surface area contributed by atoms with Crippen LogP contribution in [0.2, 0.25) is 0 Å². The molecular formula is C46H94N2O2+2. The summed E-state index contributed by atoms with van der Waals surface area (Å²) in [7, 11) is 13.9. The first-order valence-electron chi connectivity index (χ1n) is 22.2. The quantitative estimate of drug-likeness (QED) is 0.0275. The number of nitrogens with zero attached hydrogens (tertiary/aromatic N) is 2. The highest BCUT2D eigenvalue weighted by Gasteiger charge is 2.46. The fourth-order valence-electron chi connectivity index (χ4n) is 7.67. The third-order valence-corrected chi connectivity index (χ3v) is 10.3.